The van der Waals surface area contributed by atoms with E-state index < -0.39 is 0 Å². The van der Waals surface area contributed by atoms with Crippen molar-refractivity contribution in [1.29, 1.82) is 0 Å². The van der Waals surface area contributed by atoms with Gasteiger partial charge in [-0.3, -0.25) is 0 Å². The molecule has 0 spiro atoms. The van der Waals surface area contributed by atoms with Crippen LogP contribution in [0.5, 0.6) is 0 Å². The summed E-state index contributed by atoms with van der Waals surface area (Å²) in [5.74, 6) is 0. The maximum Gasteiger partial charge on any atom is 0.0724 e. The molecule has 1 nitrogen and oxygen atoms in total. The summed E-state index contributed by atoms with van der Waals surface area (Å²) in [5, 5.41) is 4.79. The van der Waals surface area contributed by atoms with Crippen molar-refractivity contribution in [1.82, 2.24) is 0 Å². The largest absolute Gasteiger partial charge is 0.376 e. The molecular formula is C16H14BrCl2N. The second kappa shape index (κ2) is 5.59. The molecule has 1 atom stereocenters. The third-order valence-electron chi connectivity index (χ3n) is 3.70. The highest BCUT2D eigenvalue weighted by atomic mass is 79.9. The molecule has 2 aromatic rings. The molecule has 2 aromatic carbocycles. The summed E-state index contributed by atoms with van der Waals surface area (Å²) in [5.41, 5.74) is 4.87. The summed E-state index contributed by atoms with van der Waals surface area (Å²) >= 11 is 16.0. The van der Waals surface area contributed by atoms with Crippen molar-refractivity contribution < 1.29 is 0 Å². The molecule has 0 saturated carbocycles. The fourth-order valence-electron chi connectivity index (χ4n) is 2.73. The van der Waals surface area contributed by atoms with Crippen LogP contribution in [0.1, 0.15) is 29.2 Å². The van der Waals surface area contributed by atoms with E-state index in [-0.39, 0.29) is 6.04 Å². The number of aryl methyl sites for hydroxylation is 2. The van der Waals surface area contributed by atoms with Gasteiger partial charge in [-0.15, -0.1) is 0 Å². The van der Waals surface area contributed by atoms with Crippen LogP contribution < -0.4 is 5.32 Å². The molecule has 0 amide bonds. The number of fused-ring (bicyclic) bond motifs is 1. The van der Waals surface area contributed by atoms with Gasteiger partial charge >= 0.3 is 0 Å². The molecule has 104 valence electrons. The predicted molar refractivity (Wildman–Crippen MR) is 90.0 cm³/mol. The lowest BCUT2D eigenvalue weighted by Crippen LogP contribution is -2.08. The topological polar surface area (TPSA) is 12.0 Å². The number of hydrogen-bond donors (Lipinski definition) is 1. The summed E-state index contributed by atoms with van der Waals surface area (Å²) in [7, 11) is 0. The summed E-state index contributed by atoms with van der Waals surface area (Å²) in [6.45, 7) is 2.12. The maximum absolute atomic E-state index is 6.29. The first kappa shape index (κ1) is 14.2. The summed E-state index contributed by atoms with van der Waals surface area (Å²) < 4.78 is 0.890. The minimum absolute atomic E-state index is 0.279. The van der Waals surface area contributed by atoms with Gasteiger partial charge in [0.15, 0.2) is 0 Å². The predicted octanol–water partition coefficient (Wildman–Crippen LogP) is 6.16. The summed E-state index contributed by atoms with van der Waals surface area (Å²) in [6, 6.07) is 10.6. The van der Waals surface area contributed by atoms with Crippen molar-refractivity contribution >= 4 is 44.8 Å². The Morgan fingerprint density at radius 3 is 2.55 bits per heavy atom. The van der Waals surface area contributed by atoms with Crippen molar-refractivity contribution in [2.45, 2.75) is 25.8 Å². The molecule has 20 heavy (non-hydrogen) atoms. The monoisotopic (exact) mass is 369 g/mol. The number of nitrogens with one attached hydrogen (secondary N) is 1. The van der Waals surface area contributed by atoms with Crippen molar-refractivity contribution in [3.63, 3.8) is 0 Å². The van der Waals surface area contributed by atoms with E-state index in [0.29, 0.717) is 10.0 Å². The molecule has 1 unspecified atom stereocenters. The van der Waals surface area contributed by atoms with E-state index in [0.717, 1.165) is 23.0 Å². The minimum Gasteiger partial charge on any atom is -0.376 e. The zero-order valence-electron chi connectivity index (χ0n) is 11.0. The second-order valence-corrected chi connectivity index (χ2v) is 6.91. The van der Waals surface area contributed by atoms with Gasteiger partial charge in [-0.1, -0.05) is 62.9 Å². The van der Waals surface area contributed by atoms with E-state index in [1.165, 1.54) is 16.7 Å². The SMILES string of the molecule is Cc1ccc2c(c1)C(Nc1c(Cl)cc(Br)cc1Cl)CC2. The molecule has 0 heterocycles. The quantitative estimate of drug-likeness (QED) is 0.666. The Balaban J connectivity index is 1.93. The van der Waals surface area contributed by atoms with E-state index in [1.54, 1.807) is 0 Å². The lowest BCUT2D eigenvalue weighted by Gasteiger charge is -2.18. The highest BCUT2D eigenvalue weighted by Crippen LogP contribution is 2.40. The Kier molecular flexibility index (Phi) is 3.98. The van der Waals surface area contributed by atoms with E-state index in [4.69, 9.17) is 23.2 Å². The van der Waals surface area contributed by atoms with Crippen molar-refractivity contribution in [2.24, 2.45) is 0 Å². The molecule has 0 fully saturated rings. The van der Waals surface area contributed by atoms with Crippen LogP contribution in [0.3, 0.4) is 0 Å². The number of anilines is 1. The average molecular weight is 371 g/mol. The molecule has 3 rings (SSSR count). The van der Waals surface area contributed by atoms with Crippen LogP contribution in [0.25, 0.3) is 0 Å². The maximum atomic E-state index is 6.29. The van der Waals surface area contributed by atoms with Gasteiger partial charge in [0.25, 0.3) is 0 Å². The van der Waals surface area contributed by atoms with E-state index >= 15 is 0 Å². The number of benzene rings is 2. The van der Waals surface area contributed by atoms with Crippen LogP contribution in [-0.4, -0.2) is 0 Å². The van der Waals surface area contributed by atoms with E-state index in [2.05, 4.69) is 46.4 Å². The van der Waals surface area contributed by atoms with Gasteiger partial charge in [0.2, 0.25) is 0 Å². The fraction of sp³-hybridized carbons (Fsp3) is 0.250. The Morgan fingerprint density at radius 1 is 1.15 bits per heavy atom. The van der Waals surface area contributed by atoms with E-state index in [9.17, 15) is 0 Å². The minimum atomic E-state index is 0.279. The third-order valence-corrected chi connectivity index (χ3v) is 4.76. The lowest BCUT2D eigenvalue weighted by atomic mass is 10.0. The highest BCUT2D eigenvalue weighted by Gasteiger charge is 2.23. The molecule has 0 bridgehead atoms. The van der Waals surface area contributed by atoms with Crippen molar-refractivity contribution in [3.05, 3.63) is 61.5 Å². The number of hydrogen-bond acceptors (Lipinski definition) is 1. The zero-order chi connectivity index (χ0) is 14.3. The first-order valence-electron chi connectivity index (χ1n) is 6.55. The Labute approximate surface area is 137 Å². The molecule has 1 aliphatic carbocycles. The zero-order valence-corrected chi connectivity index (χ0v) is 14.1. The smallest absolute Gasteiger partial charge is 0.0724 e. The van der Waals surface area contributed by atoms with Crippen LogP contribution >= 0.6 is 39.1 Å². The normalized spacial score (nSPS) is 17.1. The molecule has 4 heteroatoms. The van der Waals surface area contributed by atoms with Gasteiger partial charge < -0.3 is 5.32 Å². The van der Waals surface area contributed by atoms with Gasteiger partial charge in [-0.25, -0.2) is 0 Å². The molecule has 0 saturated heterocycles. The lowest BCUT2D eigenvalue weighted by molar-refractivity contribution is 0.762. The Morgan fingerprint density at radius 2 is 1.85 bits per heavy atom. The van der Waals surface area contributed by atoms with Crippen LogP contribution in [0, 0.1) is 6.92 Å². The standard InChI is InChI=1S/C16H14BrCl2N/c1-9-2-3-10-4-5-15(12(10)6-9)20-16-13(18)7-11(17)8-14(16)19/h2-3,6-8,15,20H,4-5H2,1H3. The molecule has 0 aliphatic heterocycles. The highest BCUT2D eigenvalue weighted by molar-refractivity contribution is 9.10. The van der Waals surface area contributed by atoms with Crippen LogP contribution in [0.2, 0.25) is 10.0 Å². The van der Waals surface area contributed by atoms with E-state index in [1.807, 2.05) is 12.1 Å². The van der Waals surface area contributed by atoms with Gasteiger partial charge in [0, 0.05) is 4.47 Å². The first-order valence-corrected chi connectivity index (χ1v) is 8.10. The Bertz CT molecular complexity index is 647. The molecule has 0 aromatic heterocycles. The second-order valence-electron chi connectivity index (χ2n) is 5.18. The van der Waals surface area contributed by atoms with Crippen molar-refractivity contribution in [2.75, 3.05) is 5.32 Å². The van der Waals surface area contributed by atoms with Gasteiger partial charge in [-0.2, -0.15) is 0 Å². The molecule has 1 N–H and O–H groups in total. The van der Waals surface area contributed by atoms with Crippen LogP contribution in [0.4, 0.5) is 5.69 Å². The summed E-state index contributed by atoms with van der Waals surface area (Å²) in [4.78, 5) is 0. The molecular weight excluding hydrogens is 357 g/mol. The van der Waals surface area contributed by atoms with Crippen LogP contribution in [0.15, 0.2) is 34.8 Å². The number of rotatable bonds is 2. The molecule has 1 aliphatic rings. The summed E-state index contributed by atoms with van der Waals surface area (Å²) in [6.07, 6.45) is 2.17. The van der Waals surface area contributed by atoms with Gasteiger partial charge in [0.1, 0.15) is 0 Å². The van der Waals surface area contributed by atoms with Crippen molar-refractivity contribution in [3.8, 4) is 0 Å². The molecule has 0 radical (unpaired) electrons. The van der Waals surface area contributed by atoms with Gasteiger partial charge in [0.05, 0.1) is 21.8 Å². The van der Waals surface area contributed by atoms with Crippen LogP contribution in [-0.2, 0) is 6.42 Å². The Hall–Kier alpha value is -0.700. The number of halogens is 3. The third kappa shape index (κ3) is 2.69. The van der Waals surface area contributed by atoms with Gasteiger partial charge in [-0.05, 0) is 43.0 Å². The average Bonchev–Trinajstić information content (AvgIpc) is 2.76. The first-order chi connectivity index (χ1) is 9.54. The fourth-order valence-corrected chi connectivity index (χ4v) is 4.04.